The second kappa shape index (κ2) is 8.21. The molecule has 1 aliphatic heterocycles. The number of rotatable bonds is 4. The fourth-order valence-corrected chi connectivity index (χ4v) is 3.94. The lowest BCUT2D eigenvalue weighted by Crippen LogP contribution is -2.46. The van der Waals surface area contributed by atoms with Crippen molar-refractivity contribution in [2.75, 3.05) is 42.9 Å². The first kappa shape index (κ1) is 19.4. The second-order valence-corrected chi connectivity index (χ2v) is 7.72. The standard InChI is InChI=1S/C24H28N4O/c1-4-27-11-13-28(14-12-27)23-15-18(3)21-16-19(9-10-22(21)26-23)25-24(29)20-8-6-5-7-17(20)2/h5-10,15-16H,4,11-14H2,1-3H3,(H,25,29). The van der Waals surface area contributed by atoms with Gasteiger partial charge in [0.2, 0.25) is 0 Å². The molecule has 1 N–H and O–H groups in total. The van der Waals surface area contributed by atoms with E-state index < -0.39 is 0 Å². The Balaban J connectivity index is 1.56. The van der Waals surface area contributed by atoms with Gasteiger partial charge in [0.25, 0.3) is 5.91 Å². The number of hydrogen-bond acceptors (Lipinski definition) is 4. The summed E-state index contributed by atoms with van der Waals surface area (Å²) >= 11 is 0. The van der Waals surface area contributed by atoms with Crippen molar-refractivity contribution in [3.8, 4) is 0 Å². The Labute approximate surface area is 172 Å². The molecule has 0 aliphatic carbocycles. The van der Waals surface area contributed by atoms with Crippen LogP contribution in [0.4, 0.5) is 11.5 Å². The van der Waals surface area contributed by atoms with Crippen LogP contribution < -0.4 is 10.2 Å². The average Bonchev–Trinajstić information content (AvgIpc) is 2.74. The Bertz CT molecular complexity index is 1040. The summed E-state index contributed by atoms with van der Waals surface area (Å²) < 4.78 is 0. The maximum Gasteiger partial charge on any atom is 0.255 e. The van der Waals surface area contributed by atoms with E-state index >= 15 is 0 Å². The van der Waals surface area contributed by atoms with Crippen LogP contribution in [0, 0.1) is 13.8 Å². The molecule has 0 bridgehead atoms. The van der Waals surface area contributed by atoms with Crippen molar-refractivity contribution in [3.05, 3.63) is 65.2 Å². The monoisotopic (exact) mass is 388 g/mol. The van der Waals surface area contributed by atoms with Gasteiger partial charge in [-0.2, -0.15) is 0 Å². The smallest absolute Gasteiger partial charge is 0.255 e. The van der Waals surface area contributed by atoms with Crippen LogP contribution in [0.25, 0.3) is 10.9 Å². The van der Waals surface area contributed by atoms with Crippen LogP contribution in [-0.4, -0.2) is 48.5 Å². The minimum absolute atomic E-state index is 0.0847. The number of piperazine rings is 1. The first-order valence-electron chi connectivity index (χ1n) is 10.3. The summed E-state index contributed by atoms with van der Waals surface area (Å²) in [5.41, 5.74) is 4.60. The number of aromatic nitrogens is 1. The number of pyridine rings is 1. The molecule has 0 spiro atoms. The highest BCUT2D eigenvalue weighted by molar-refractivity contribution is 6.06. The molecular weight excluding hydrogens is 360 g/mol. The second-order valence-electron chi connectivity index (χ2n) is 7.72. The van der Waals surface area contributed by atoms with E-state index in [1.807, 2.05) is 49.4 Å². The third kappa shape index (κ3) is 4.10. The number of aryl methyl sites for hydroxylation is 2. The van der Waals surface area contributed by atoms with Gasteiger partial charge in [0.05, 0.1) is 5.52 Å². The Hall–Kier alpha value is -2.92. The quantitative estimate of drug-likeness (QED) is 0.726. The summed E-state index contributed by atoms with van der Waals surface area (Å²) in [6.07, 6.45) is 0. The van der Waals surface area contributed by atoms with Crippen LogP contribution in [0.15, 0.2) is 48.5 Å². The number of fused-ring (bicyclic) bond motifs is 1. The van der Waals surface area contributed by atoms with E-state index in [9.17, 15) is 4.79 Å². The molecule has 2 heterocycles. The molecule has 0 atom stereocenters. The average molecular weight is 389 g/mol. The number of amides is 1. The van der Waals surface area contributed by atoms with Crippen molar-refractivity contribution in [1.29, 1.82) is 0 Å². The molecule has 1 fully saturated rings. The van der Waals surface area contributed by atoms with Gasteiger partial charge in [-0.3, -0.25) is 4.79 Å². The number of likely N-dealkylation sites (N-methyl/N-ethyl adjacent to an activating group) is 1. The Morgan fingerprint density at radius 2 is 1.76 bits per heavy atom. The predicted octanol–water partition coefficient (Wildman–Crippen LogP) is 4.25. The van der Waals surface area contributed by atoms with E-state index in [4.69, 9.17) is 4.98 Å². The number of benzene rings is 2. The third-order valence-electron chi connectivity index (χ3n) is 5.79. The molecule has 29 heavy (non-hydrogen) atoms. The number of hydrogen-bond donors (Lipinski definition) is 1. The molecule has 1 aliphatic rings. The summed E-state index contributed by atoms with van der Waals surface area (Å²) in [4.78, 5) is 22.4. The molecule has 150 valence electrons. The summed E-state index contributed by atoms with van der Waals surface area (Å²) in [5.74, 6) is 0.959. The zero-order chi connectivity index (χ0) is 20.4. The van der Waals surface area contributed by atoms with Crippen LogP contribution in [-0.2, 0) is 0 Å². The van der Waals surface area contributed by atoms with E-state index in [0.29, 0.717) is 5.56 Å². The molecule has 1 amide bonds. The molecule has 0 saturated carbocycles. The molecular formula is C24H28N4O. The molecule has 1 aromatic heterocycles. The molecule has 4 rings (SSSR count). The number of nitrogens with one attached hydrogen (secondary N) is 1. The molecule has 1 saturated heterocycles. The fourth-order valence-electron chi connectivity index (χ4n) is 3.94. The topological polar surface area (TPSA) is 48.5 Å². The van der Waals surface area contributed by atoms with E-state index in [1.165, 1.54) is 5.56 Å². The Kier molecular flexibility index (Phi) is 5.49. The first-order valence-corrected chi connectivity index (χ1v) is 10.3. The van der Waals surface area contributed by atoms with Crippen LogP contribution in [0.1, 0.15) is 28.4 Å². The van der Waals surface area contributed by atoms with Gasteiger partial charge in [0.1, 0.15) is 5.82 Å². The Morgan fingerprint density at radius 3 is 2.48 bits per heavy atom. The number of carbonyl (C=O) groups is 1. The van der Waals surface area contributed by atoms with Crippen LogP contribution >= 0.6 is 0 Å². The summed E-state index contributed by atoms with van der Waals surface area (Å²) in [6.45, 7) is 11.6. The zero-order valence-corrected chi connectivity index (χ0v) is 17.4. The van der Waals surface area contributed by atoms with Gasteiger partial charge in [-0.05, 0) is 61.9 Å². The predicted molar refractivity (Wildman–Crippen MR) is 120 cm³/mol. The van der Waals surface area contributed by atoms with Gasteiger partial charge < -0.3 is 15.1 Å². The summed E-state index contributed by atoms with van der Waals surface area (Å²) in [6, 6.07) is 15.7. The van der Waals surface area contributed by atoms with Gasteiger partial charge in [-0.15, -0.1) is 0 Å². The van der Waals surface area contributed by atoms with Gasteiger partial charge in [0, 0.05) is 42.8 Å². The van der Waals surface area contributed by atoms with Crippen molar-refractivity contribution in [2.45, 2.75) is 20.8 Å². The van der Waals surface area contributed by atoms with Crippen molar-refractivity contribution < 1.29 is 4.79 Å². The van der Waals surface area contributed by atoms with Gasteiger partial charge in [0.15, 0.2) is 0 Å². The fraction of sp³-hybridized carbons (Fsp3) is 0.333. The largest absolute Gasteiger partial charge is 0.354 e. The number of carbonyl (C=O) groups excluding carboxylic acids is 1. The van der Waals surface area contributed by atoms with E-state index in [1.54, 1.807) is 0 Å². The molecule has 5 heteroatoms. The van der Waals surface area contributed by atoms with E-state index in [2.05, 4.69) is 35.0 Å². The summed E-state index contributed by atoms with van der Waals surface area (Å²) in [5, 5.41) is 4.10. The highest BCUT2D eigenvalue weighted by atomic mass is 16.1. The lowest BCUT2D eigenvalue weighted by molar-refractivity contribution is 0.102. The highest BCUT2D eigenvalue weighted by Crippen LogP contribution is 2.26. The molecule has 0 radical (unpaired) electrons. The number of nitrogens with zero attached hydrogens (tertiary/aromatic N) is 3. The normalized spacial score (nSPS) is 14.9. The van der Waals surface area contributed by atoms with Gasteiger partial charge in [-0.1, -0.05) is 25.1 Å². The molecule has 2 aromatic carbocycles. The van der Waals surface area contributed by atoms with Gasteiger partial charge in [-0.25, -0.2) is 4.98 Å². The lowest BCUT2D eigenvalue weighted by atomic mass is 10.1. The van der Waals surface area contributed by atoms with Crippen molar-refractivity contribution in [2.24, 2.45) is 0 Å². The first-order chi connectivity index (χ1) is 14.0. The van der Waals surface area contributed by atoms with Crippen LogP contribution in [0.3, 0.4) is 0 Å². The lowest BCUT2D eigenvalue weighted by Gasteiger charge is -2.35. The zero-order valence-electron chi connectivity index (χ0n) is 17.4. The minimum Gasteiger partial charge on any atom is -0.354 e. The maximum atomic E-state index is 12.6. The van der Waals surface area contributed by atoms with Crippen molar-refractivity contribution >= 4 is 28.3 Å². The summed E-state index contributed by atoms with van der Waals surface area (Å²) in [7, 11) is 0. The maximum absolute atomic E-state index is 12.6. The van der Waals surface area contributed by atoms with E-state index in [0.717, 1.165) is 60.7 Å². The molecule has 5 nitrogen and oxygen atoms in total. The number of anilines is 2. The molecule has 3 aromatic rings. The highest BCUT2D eigenvalue weighted by Gasteiger charge is 2.18. The van der Waals surface area contributed by atoms with Crippen molar-refractivity contribution in [1.82, 2.24) is 9.88 Å². The van der Waals surface area contributed by atoms with Crippen LogP contribution in [0.5, 0.6) is 0 Å². The third-order valence-corrected chi connectivity index (χ3v) is 5.79. The van der Waals surface area contributed by atoms with Crippen molar-refractivity contribution in [3.63, 3.8) is 0 Å². The minimum atomic E-state index is -0.0847. The van der Waals surface area contributed by atoms with E-state index in [-0.39, 0.29) is 5.91 Å². The SMILES string of the molecule is CCN1CCN(c2cc(C)c3cc(NC(=O)c4ccccc4C)ccc3n2)CC1. The van der Waals surface area contributed by atoms with Gasteiger partial charge >= 0.3 is 0 Å². The Morgan fingerprint density at radius 1 is 1.00 bits per heavy atom. The molecule has 0 unspecified atom stereocenters. The van der Waals surface area contributed by atoms with Crippen LogP contribution in [0.2, 0.25) is 0 Å².